The van der Waals surface area contributed by atoms with E-state index in [1.807, 2.05) is 30.3 Å². The van der Waals surface area contributed by atoms with Gasteiger partial charge in [-0.1, -0.05) is 30.3 Å². The fraction of sp³-hybridized carbons (Fsp3) is 0.308. The maximum absolute atomic E-state index is 11.6. The summed E-state index contributed by atoms with van der Waals surface area (Å²) in [6.45, 7) is 0. The lowest BCUT2D eigenvalue weighted by Gasteiger charge is -2.15. The van der Waals surface area contributed by atoms with Crippen molar-refractivity contribution in [1.29, 1.82) is 0 Å². The van der Waals surface area contributed by atoms with Crippen LogP contribution < -0.4 is 11.1 Å². The molecule has 0 fully saturated rings. The summed E-state index contributed by atoms with van der Waals surface area (Å²) in [5.41, 5.74) is 6.30. The van der Waals surface area contributed by atoms with Gasteiger partial charge in [0.15, 0.2) is 0 Å². The largest absolute Gasteiger partial charge is 0.481 e. The minimum Gasteiger partial charge on any atom is -0.481 e. The number of rotatable bonds is 7. The number of aliphatic carboxylic acids is 1. The SMILES string of the molecule is N[C@@H](CC(=O)O)C(=O)N[C@H](C=O)Cc1ccccc1.O. The third kappa shape index (κ3) is 6.07. The molecule has 1 rings (SSSR count). The molecular weight excluding hydrogens is 264 g/mol. The smallest absolute Gasteiger partial charge is 0.305 e. The summed E-state index contributed by atoms with van der Waals surface area (Å²) in [4.78, 5) is 32.9. The zero-order valence-corrected chi connectivity index (χ0v) is 10.8. The molecule has 0 radical (unpaired) electrons. The highest BCUT2D eigenvalue weighted by molar-refractivity contribution is 5.87. The Morgan fingerprint density at radius 1 is 1.30 bits per heavy atom. The lowest BCUT2D eigenvalue weighted by atomic mass is 10.1. The van der Waals surface area contributed by atoms with Crippen LogP contribution in [0.1, 0.15) is 12.0 Å². The number of nitrogens with one attached hydrogen (secondary N) is 1. The Labute approximate surface area is 116 Å². The molecule has 0 aliphatic heterocycles. The number of carboxylic acids is 1. The van der Waals surface area contributed by atoms with Crippen LogP contribution >= 0.6 is 0 Å². The summed E-state index contributed by atoms with van der Waals surface area (Å²) in [5.74, 6) is -1.80. The van der Waals surface area contributed by atoms with Gasteiger partial charge in [0.2, 0.25) is 5.91 Å². The zero-order chi connectivity index (χ0) is 14.3. The average Bonchev–Trinajstić information content (AvgIpc) is 2.38. The van der Waals surface area contributed by atoms with Crippen LogP contribution in [0.2, 0.25) is 0 Å². The Hall–Kier alpha value is -2.25. The van der Waals surface area contributed by atoms with E-state index in [-0.39, 0.29) is 5.48 Å². The van der Waals surface area contributed by atoms with Crippen molar-refractivity contribution in [3.63, 3.8) is 0 Å². The molecule has 2 atom stereocenters. The van der Waals surface area contributed by atoms with Crippen LogP contribution in [0.15, 0.2) is 30.3 Å². The Morgan fingerprint density at radius 2 is 1.90 bits per heavy atom. The topological polar surface area (TPSA) is 141 Å². The third-order valence-electron chi connectivity index (χ3n) is 2.52. The molecule has 0 saturated heterocycles. The van der Waals surface area contributed by atoms with E-state index >= 15 is 0 Å². The van der Waals surface area contributed by atoms with Crippen molar-refractivity contribution in [2.24, 2.45) is 5.73 Å². The molecule has 110 valence electrons. The van der Waals surface area contributed by atoms with Crippen LogP contribution in [-0.2, 0) is 20.8 Å². The Balaban J connectivity index is 0.00000361. The molecule has 0 spiro atoms. The molecule has 0 aromatic heterocycles. The first kappa shape index (κ1) is 17.8. The van der Waals surface area contributed by atoms with Crippen LogP contribution in [0.4, 0.5) is 0 Å². The fourth-order valence-electron chi connectivity index (χ4n) is 1.57. The van der Waals surface area contributed by atoms with E-state index in [9.17, 15) is 14.4 Å². The van der Waals surface area contributed by atoms with Crippen molar-refractivity contribution in [3.05, 3.63) is 35.9 Å². The molecule has 1 aromatic rings. The molecule has 0 bridgehead atoms. The molecule has 20 heavy (non-hydrogen) atoms. The second-order valence-corrected chi connectivity index (χ2v) is 4.15. The van der Waals surface area contributed by atoms with Gasteiger partial charge in [0, 0.05) is 0 Å². The van der Waals surface area contributed by atoms with E-state index in [4.69, 9.17) is 10.8 Å². The maximum atomic E-state index is 11.6. The quantitative estimate of drug-likeness (QED) is 0.544. The van der Waals surface area contributed by atoms with E-state index in [1.54, 1.807) is 0 Å². The van der Waals surface area contributed by atoms with Crippen LogP contribution in [0.5, 0.6) is 0 Å². The second kappa shape index (κ2) is 8.78. The fourth-order valence-corrected chi connectivity index (χ4v) is 1.57. The number of amides is 1. The highest BCUT2D eigenvalue weighted by Gasteiger charge is 2.20. The minimum atomic E-state index is -1.16. The van der Waals surface area contributed by atoms with Gasteiger partial charge in [-0.05, 0) is 12.0 Å². The van der Waals surface area contributed by atoms with Gasteiger partial charge in [-0.3, -0.25) is 9.59 Å². The number of carbonyl (C=O) groups is 3. The number of hydrogen-bond acceptors (Lipinski definition) is 4. The van der Waals surface area contributed by atoms with Crippen molar-refractivity contribution < 1.29 is 25.0 Å². The van der Waals surface area contributed by atoms with E-state index in [0.29, 0.717) is 12.7 Å². The summed E-state index contributed by atoms with van der Waals surface area (Å²) in [6, 6.07) is 7.30. The molecule has 0 aliphatic carbocycles. The number of aldehydes is 1. The summed E-state index contributed by atoms with van der Waals surface area (Å²) < 4.78 is 0. The van der Waals surface area contributed by atoms with Gasteiger partial charge in [-0.2, -0.15) is 0 Å². The molecule has 6 N–H and O–H groups in total. The van der Waals surface area contributed by atoms with E-state index < -0.39 is 30.4 Å². The van der Waals surface area contributed by atoms with Gasteiger partial charge in [-0.25, -0.2) is 0 Å². The highest BCUT2D eigenvalue weighted by Crippen LogP contribution is 2.02. The van der Waals surface area contributed by atoms with Gasteiger partial charge in [0.1, 0.15) is 6.29 Å². The van der Waals surface area contributed by atoms with Gasteiger partial charge < -0.3 is 26.4 Å². The van der Waals surface area contributed by atoms with Crippen LogP contribution in [0, 0.1) is 0 Å². The van der Waals surface area contributed by atoms with Gasteiger partial charge in [0.05, 0.1) is 18.5 Å². The highest BCUT2D eigenvalue weighted by atomic mass is 16.4. The maximum Gasteiger partial charge on any atom is 0.305 e. The first-order valence-electron chi connectivity index (χ1n) is 5.80. The second-order valence-electron chi connectivity index (χ2n) is 4.15. The summed E-state index contributed by atoms with van der Waals surface area (Å²) in [7, 11) is 0. The molecular formula is C13H18N2O5. The van der Waals surface area contributed by atoms with Crippen LogP contribution in [0.3, 0.4) is 0 Å². The molecule has 0 saturated carbocycles. The van der Waals surface area contributed by atoms with Crippen molar-refractivity contribution in [3.8, 4) is 0 Å². The molecule has 0 aliphatic rings. The zero-order valence-electron chi connectivity index (χ0n) is 10.8. The molecule has 0 heterocycles. The van der Waals surface area contributed by atoms with Crippen LogP contribution in [-0.4, -0.2) is 40.8 Å². The Morgan fingerprint density at radius 3 is 2.40 bits per heavy atom. The number of benzene rings is 1. The molecule has 1 amide bonds. The van der Waals surface area contributed by atoms with Gasteiger partial charge in [-0.15, -0.1) is 0 Å². The number of hydrogen-bond donors (Lipinski definition) is 3. The lowest BCUT2D eigenvalue weighted by molar-refractivity contribution is -0.139. The number of nitrogens with two attached hydrogens (primary N) is 1. The monoisotopic (exact) mass is 282 g/mol. The summed E-state index contributed by atoms with van der Waals surface area (Å²) >= 11 is 0. The first-order valence-corrected chi connectivity index (χ1v) is 5.80. The van der Waals surface area contributed by atoms with Crippen molar-refractivity contribution in [2.45, 2.75) is 24.9 Å². The van der Waals surface area contributed by atoms with Crippen molar-refractivity contribution in [1.82, 2.24) is 5.32 Å². The molecule has 0 unspecified atom stereocenters. The Bertz CT molecular complexity index is 449. The lowest BCUT2D eigenvalue weighted by Crippen LogP contribution is -2.47. The van der Waals surface area contributed by atoms with Crippen molar-refractivity contribution in [2.75, 3.05) is 0 Å². The minimum absolute atomic E-state index is 0. The van der Waals surface area contributed by atoms with E-state index in [2.05, 4.69) is 5.32 Å². The number of carboxylic acid groups (broad SMARTS) is 1. The average molecular weight is 282 g/mol. The normalized spacial score (nSPS) is 12.7. The predicted molar refractivity (Wildman–Crippen MR) is 72.0 cm³/mol. The molecule has 7 nitrogen and oxygen atoms in total. The third-order valence-corrected chi connectivity index (χ3v) is 2.52. The Kier molecular flexibility index (Phi) is 7.80. The van der Waals surface area contributed by atoms with Crippen LogP contribution in [0.25, 0.3) is 0 Å². The van der Waals surface area contributed by atoms with Gasteiger partial charge in [0.25, 0.3) is 0 Å². The summed E-state index contributed by atoms with van der Waals surface area (Å²) in [6.07, 6.45) is 0.483. The molecule has 1 aromatic carbocycles. The predicted octanol–water partition coefficient (Wildman–Crippen LogP) is -1.11. The number of carbonyl (C=O) groups excluding carboxylic acids is 2. The van der Waals surface area contributed by atoms with Gasteiger partial charge >= 0.3 is 5.97 Å². The standard InChI is InChI=1S/C13H16N2O4.H2O/c14-11(7-12(17)18)13(19)15-10(8-16)6-9-4-2-1-3-5-9;/h1-5,8,10-11H,6-7,14H2,(H,15,19)(H,17,18);1H2/t10-,11-;/m0./s1. The molecule has 7 heteroatoms. The van der Waals surface area contributed by atoms with Crippen molar-refractivity contribution >= 4 is 18.2 Å². The first-order chi connectivity index (χ1) is 9.02. The van der Waals surface area contributed by atoms with E-state index in [1.165, 1.54) is 0 Å². The van der Waals surface area contributed by atoms with E-state index in [0.717, 1.165) is 5.56 Å². The summed E-state index contributed by atoms with van der Waals surface area (Å²) in [5, 5.41) is 11.0.